The molecule has 0 spiro atoms. The Morgan fingerprint density at radius 3 is 2.55 bits per heavy atom. The summed E-state index contributed by atoms with van der Waals surface area (Å²) in [5.41, 5.74) is 4.60. The van der Waals surface area contributed by atoms with Gasteiger partial charge in [-0.05, 0) is 81.3 Å². The molecule has 3 rings (SSSR count). The van der Waals surface area contributed by atoms with Crippen molar-refractivity contribution in [2.75, 3.05) is 18.0 Å². The minimum atomic E-state index is -0.549. The summed E-state index contributed by atoms with van der Waals surface area (Å²) >= 11 is 0. The van der Waals surface area contributed by atoms with Gasteiger partial charge in [0.25, 0.3) is 5.91 Å². The Hall–Kier alpha value is -2.49. The lowest BCUT2D eigenvalue weighted by atomic mass is 9.99. The Labute approximate surface area is 175 Å². The minimum Gasteiger partial charge on any atom is -0.481 e. The highest BCUT2D eigenvalue weighted by Crippen LogP contribution is 2.25. The number of nitrogens with zero attached hydrogens (tertiary/aromatic N) is 1. The van der Waals surface area contributed by atoms with Gasteiger partial charge in [-0.1, -0.05) is 31.2 Å². The molecule has 0 aromatic heterocycles. The quantitative estimate of drug-likeness (QED) is 0.733. The third-order valence-corrected chi connectivity index (χ3v) is 6.00. The molecule has 4 nitrogen and oxygen atoms in total. The Kier molecular flexibility index (Phi) is 6.83. The normalized spacial score (nSPS) is 18.8. The second-order valence-corrected chi connectivity index (χ2v) is 8.47. The molecule has 1 saturated heterocycles. The van der Waals surface area contributed by atoms with Crippen molar-refractivity contribution in [2.24, 2.45) is 5.92 Å². The van der Waals surface area contributed by atoms with Crippen LogP contribution < -0.4 is 15.0 Å². The fourth-order valence-corrected chi connectivity index (χ4v) is 3.91. The van der Waals surface area contributed by atoms with Gasteiger partial charge in [0.05, 0.1) is 6.04 Å². The molecule has 0 aliphatic carbocycles. The molecule has 4 heteroatoms. The van der Waals surface area contributed by atoms with Crippen molar-refractivity contribution in [2.45, 2.75) is 59.6 Å². The molecule has 156 valence electrons. The van der Waals surface area contributed by atoms with E-state index in [1.807, 2.05) is 39.0 Å². The van der Waals surface area contributed by atoms with Crippen LogP contribution in [0.3, 0.4) is 0 Å². The number of carbonyl (C=O) groups excluding carboxylic acids is 1. The SMILES string of the molecule is Cc1cccc(O[C@@H](C)C(=O)N[C@@H](C)c2ccc(N3CCC[C@@H](C)C3)cc2)c1C. The van der Waals surface area contributed by atoms with Crippen LogP contribution in [0.25, 0.3) is 0 Å². The number of amides is 1. The first-order valence-corrected chi connectivity index (χ1v) is 10.7. The van der Waals surface area contributed by atoms with Gasteiger partial charge in [-0.25, -0.2) is 0 Å². The van der Waals surface area contributed by atoms with Crippen molar-refractivity contribution < 1.29 is 9.53 Å². The number of rotatable bonds is 6. The van der Waals surface area contributed by atoms with Gasteiger partial charge in [0.2, 0.25) is 0 Å². The maximum atomic E-state index is 12.6. The zero-order chi connectivity index (χ0) is 21.0. The van der Waals surface area contributed by atoms with E-state index in [1.54, 1.807) is 6.92 Å². The highest BCUT2D eigenvalue weighted by molar-refractivity contribution is 5.81. The van der Waals surface area contributed by atoms with Crippen molar-refractivity contribution in [3.8, 4) is 5.75 Å². The van der Waals surface area contributed by atoms with Gasteiger partial charge in [-0.3, -0.25) is 4.79 Å². The van der Waals surface area contributed by atoms with Gasteiger partial charge in [0.1, 0.15) is 5.75 Å². The molecule has 0 saturated carbocycles. The largest absolute Gasteiger partial charge is 0.481 e. The van der Waals surface area contributed by atoms with Gasteiger partial charge in [-0.2, -0.15) is 0 Å². The summed E-state index contributed by atoms with van der Waals surface area (Å²) in [5.74, 6) is 1.41. The molecular formula is C25H34N2O2. The van der Waals surface area contributed by atoms with Crippen LogP contribution in [0.4, 0.5) is 5.69 Å². The van der Waals surface area contributed by atoms with Gasteiger partial charge in [0.15, 0.2) is 6.10 Å². The van der Waals surface area contributed by atoms with Crippen molar-refractivity contribution >= 4 is 11.6 Å². The summed E-state index contributed by atoms with van der Waals surface area (Å²) in [7, 11) is 0. The maximum Gasteiger partial charge on any atom is 0.261 e. The van der Waals surface area contributed by atoms with E-state index in [0.29, 0.717) is 0 Å². The van der Waals surface area contributed by atoms with Crippen LogP contribution in [0.5, 0.6) is 5.75 Å². The van der Waals surface area contributed by atoms with Crippen molar-refractivity contribution in [3.63, 3.8) is 0 Å². The van der Waals surface area contributed by atoms with Crippen molar-refractivity contribution in [1.29, 1.82) is 0 Å². The number of piperidine rings is 1. The molecule has 3 atom stereocenters. The van der Waals surface area contributed by atoms with E-state index in [-0.39, 0.29) is 11.9 Å². The number of carbonyl (C=O) groups is 1. The zero-order valence-corrected chi connectivity index (χ0v) is 18.4. The Morgan fingerprint density at radius 1 is 1.14 bits per heavy atom. The molecule has 0 radical (unpaired) electrons. The van der Waals surface area contributed by atoms with Gasteiger partial charge >= 0.3 is 0 Å². The Balaban J connectivity index is 1.58. The molecule has 2 aromatic rings. The van der Waals surface area contributed by atoms with Crippen LogP contribution in [0.1, 0.15) is 56.3 Å². The van der Waals surface area contributed by atoms with Gasteiger partial charge in [-0.15, -0.1) is 0 Å². The lowest BCUT2D eigenvalue weighted by Gasteiger charge is -2.33. The highest BCUT2D eigenvalue weighted by Gasteiger charge is 2.20. The second-order valence-electron chi connectivity index (χ2n) is 8.47. The van der Waals surface area contributed by atoms with E-state index in [4.69, 9.17) is 4.74 Å². The van der Waals surface area contributed by atoms with E-state index >= 15 is 0 Å². The molecule has 1 N–H and O–H groups in total. The first-order chi connectivity index (χ1) is 13.8. The summed E-state index contributed by atoms with van der Waals surface area (Å²) in [6.45, 7) is 12.4. The summed E-state index contributed by atoms with van der Waals surface area (Å²) in [4.78, 5) is 15.1. The first-order valence-electron chi connectivity index (χ1n) is 10.7. The van der Waals surface area contributed by atoms with Gasteiger partial charge < -0.3 is 15.0 Å². The number of hydrogen-bond donors (Lipinski definition) is 1. The molecular weight excluding hydrogens is 360 g/mol. The molecule has 1 amide bonds. The first kappa shape index (κ1) is 21.2. The van der Waals surface area contributed by atoms with Crippen LogP contribution in [0, 0.1) is 19.8 Å². The molecule has 1 aliphatic heterocycles. The topological polar surface area (TPSA) is 41.6 Å². The van der Waals surface area contributed by atoms with Gasteiger partial charge in [0, 0.05) is 18.8 Å². The van der Waals surface area contributed by atoms with Crippen LogP contribution in [-0.2, 0) is 4.79 Å². The van der Waals surface area contributed by atoms with E-state index < -0.39 is 6.10 Å². The number of anilines is 1. The number of benzene rings is 2. The third-order valence-electron chi connectivity index (χ3n) is 6.00. The van der Waals surface area contributed by atoms with Crippen LogP contribution in [0.15, 0.2) is 42.5 Å². The zero-order valence-electron chi connectivity index (χ0n) is 18.4. The summed E-state index contributed by atoms with van der Waals surface area (Å²) in [6.07, 6.45) is 2.03. The number of hydrogen-bond acceptors (Lipinski definition) is 3. The molecule has 1 aliphatic rings. The molecule has 29 heavy (non-hydrogen) atoms. The predicted molar refractivity (Wildman–Crippen MR) is 120 cm³/mol. The highest BCUT2D eigenvalue weighted by atomic mass is 16.5. The number of nitrogens with one attached hydrogen (secondary N) is 1. The van der Waals surface area contributed by atoms with Crippen LogP contribution in [-0.4, -0.2) is 25.1 Å². The average Bonchev–Trinajstić information content (AvgIpc) is 2.71. The Bertz CT molecular complexity index is 831. The van der Waals surface area contributed by atoms with Crippen LogP contribution >= 0.6 is 0 Å². The molecule has 2 aromatic carbocycles. The predicted octanol–water partition coefficient (Wildman–Crippen LogP) is 5.18. The molecule has 0 unspecified atom stereocenters. The molecule has 0 bridgehead atoms. The fourth-order valence-electron chi connectivity index (χ4n) is 3.91. The molecule has 1 heterocycles. The minimum absolute atomic E-state index is 0.0681. The van der Waals surface area contributed by atoms with Crippen LogP contribution in [0.2, 0.25) is 0 Å². The fraction of sp³-hybridized carbons (Fsp3) is 0.480. The number of ether oxygens (including phenoxy) is 1. The third kappa shape index (κ3) is 5.31. The summed E-state index contributed by atoms with van der Waals surface area (Å²) in [5, 5.41) is 3.08. The van der Waals surface area contributed by atoms with Crippen molar-refractivity contribution in [1.82, 2.24) is 5.32 Å². The van der Waals surface area contributed by atoms with E-state index in [0.717, 1.165) is 41.4 Å². The second kappa shape index (κ2) is 9.34. The lowest BCUT2D eigenvalue weighted by Crippen LogP contribution is -2.38. The monoisotopic (exact) mass is 394 g/mol. The van der Waals surface area contributed by atoms with E-state index in [2.05, 4.69) is 41.4 Å². The van der Waals surface area contributed by atoms with Crippen molar-refractivity contribution in [3.05, 3.63) is 59.2 Å². The summed E-state index contributed by atoms with van der Waals surface area (Å²) < 4.78 is 5.91. The number of aryl methyl sites for hydroxylation is 1. The average molecular weight is 395 g/mol. The smallest absolute Gasteiger partial charge is 0.261 e. The molecule has 1 fully saturated rings. The lowest BCUT2D eigenvalue weighted by molar-refractivity contribution is -0.127. The standard InChI is InChI=1S/C25H34N2O2/c1-17-8-7-15-27(16-17)23-13-11-22(12-14-23)20(4)26-25(28)21(5)29-24-10-6-9-18(2)19(24)3/h6,9-14,17,20-21H,7-8,15-16H2,1-5H3,(H,26,28)/t17-,20+,21+/m1/s1. The maximum absolute atomic E-state index is 12.6. The van der Waals surface area contributed by atoms with E-state index in [9.17, 15) is 4.79 Å². The van der Waals surface area contributed by atoms with E-state index in [1.165, 1.54) is 18.5 Å². The Morgan fingerprint density at radius 2 is 1.86 bits per heavy atom. The summed E-state index contributed by atoms with van der Waals surface area (Å²) in [6, 6.07) is 14.4.